The molecule has 0 radical (unpaired) electrons. The second-order valence-corrected chi connectivity index (χ2v) is 3.34. The molecule has 0 aliphatic rings. The molecule has 2 rings (SSSR count). The molecule has 15 heavy (non-hydrogen) atoms. The maximum atomic E-state index is 10.9. The third-order valence-electron chi connectivity index (χ3n) is 2.27. The highest BCUT2D eigenvalue weighted by atomic mass is 16.4. The first-order chi connectivity index (χ1) is 7.20. The van der Waals surface area contributed by atoms with Gasteiger partial charge in [-0.05, 0) is 23.8 Å². The lowest BCUT2D eigenvalue weighted by atomic mass is 10.1. The molecule has 0 aliphatic heterocycles. The zero-order valence-corrected chi connectivity index (χ0v) is 8.01. The van der Waals surface area contributed by atoms with Crippen LogP contribution in [0.5, 0.6) is 0 Å². The van der Waals surface area contributed by atoms with Gasteiger partial charge >= 0.3 is 5.63 Å². The minimum atomic E-state index is -0.402. The van der Waals surface area contributed by atoms with E-state index in [0.717, 1.165) is 10.9 Å². The summed E-state index contributed by atoms with van der Waals surface area (Å²) in [4.78, 5) is 10.9. The molecule has 0 aliphatic carbocycles. The molecule has 0 spiro atoms. The van der Waals surface area contributed by atoms with Crippen LogP contribution < -0.4 is 11.4 Å². The standard InChI is InChI=1S/C11H11NO3/c12-9(6-13)7-1-3-10-8(5-7)2-4-11(14)15-10/h1-5,9,13H,6,12H2/t9-/m0/s1. The maximum Gasteiger partial charge on any atom is 0.336 e. The number of nitrogens with two attached hydrogens (primary N) is 1. The predicted octanol–water partition coefficient (Wildman–Crippen LogP) is 0.785. The van der Waals surface area contributed by atoms with Gasteiger partial charge in [-0.2, -0.15) is 0 Å². The third kappa shape index (κ3) is 1.91. The van der Waals surface area contributed by atoms with Crippen molar-refractivity contribution in [3.63, 3.8) is 0 Å². The summed E-state index contributed by atoms with van der Waals surface area (Å²) in [7, 11) is 0. The van der Waals surface area contributed by atoms with Gasteiger partial charge in [-0.1, -0.05) is 6.07 Å². The van der Waals surface area contributed by atoms with Crippen molar-refractivity contribution in [2.45, 2.75) is 6.04 Å². The number of fused-ring (bicyclic) bond motifs is 1. The van der Waals surface area contributed by atoms with E-state index in [2.05, 4.69) is 0 Å². The second kappa shape index (κ2) is 3.84. The first-order valence-corrected chi connectivity index (χ1v) is 4.61. The molecule has 1 aromatic heterocycles. The van der Waals surface area contributed by atoms with Gasteiger partial charge in [0, 0.05) is 11.5 Å². The van der Waals surface area contributed by atoms with E-state index in [4.69, 9.17) is 15.3 Å². The van der Waals surface area contributed by atoms with Crippen LogP contribution in [0.2, 0.25) is 0 Å². The van der Waals surface area contributed by atoms with Gasteiger partial charge in [0.05, 0.1) is 12.6 Å². The van der Waals surface area contributed by atoms with Crippen molar-refractivity contribution in [2.75, 3.05) is 6.61 Å². The summed E-state index contributed by atoms with van der Waals surface area (Å²) in [6.07, 6.45) is 0. The van der Waals surface area contributed by atoms with Crippen LogP contribution in [0.25, 0.3) is 11.0 Å². The zero-order chi connectivity index (χ0) is 10.8. The van der Waals surface area contributed by atoms with Crippen molar-refractivity contribution in [3.05, 3.63) is 46.3 Å². The van der Waals surface area contributed by atoms with Crippen molar-refractivity contribution in [1.82, 2.24) is 0 Å². The fourth-order valence-electron chi connectivity index (χ4n) is 1.43. The smallest absolute Gasteiger partial charge is 0.336 e. The Balaban J connectivity index is 2.57. The molecular weight excluding hydrogens is 194 g/mol. The van der Waals surface area contributed by atoms with E-state index in [0.29, 0.717) is 5.58 Å². The lowest BCUT2D eigenvalue weighted by molar-refractivity contribution is 0.268. The number of rotatable bonds is 2. The molecule has 0 saturated heterocycles. The van der Waals surface area contributed by atoms with Gasteiger partial charge in [0.25, 0.3) is 0 Å². The number of hydrogen-bond donors (Lipinski definition) is 2. The SMILES string of the molecule is N[C@@H](CO)c1ccc2oc(=O)ccc2c1. The second-order valence-electron chi connectivity index (χ2n) is 3.34. The number of aliphatic hydroxyl groups excluding tert-OH is 1. The van der Waals surface area contributed by atoms with Crippen LogP contribution in [0.4, 0.5) is 0 Å². The van der Waals surface area contributed by atoms with E-state index in [1.54, 1.807) is 24.3 Å². The Labute approximate surface area is 85.9 Å². The summed E-state index contributed by atoms with van der Waals surface area (Å²) in [6.45, 7) is -0.109. The van der Waals surface area contributed by atoms with Crippen molar-refractivity contribution in [3.8, 4) is 0 Å². The molecule has 0 fully saturated rings. The topological polar surface area (TPSA) is 76.5 Å². The first-order valence-electron chi connectivity index (χ1n) is 4.61. The van der Waals surface area contributed by atoms with Crippen LogP contribution in [0.3, 0.4) is 0 Å². The molecule has 0 bridgehead atoms. The van der Waals surface area contributed by atoms with E-state index in [-0.39, 0.29) is 12.2 Å². The molecule has 3 N–H and O–H groups in total. The lowest BCUT2D eigenvalue weighted by Gasteiger charge is -2.08. The number of hydrogen-bond acceptors (Lipinski definition) is 4. The van der Waals surface area contributed by atoms with Gasteiger partial charge in [-0.3, -0.25) is 0 Å². The first kappa shape index (κ1) is 9.89. The highest BCUT2D eigenvalue weighted by Gasteiger charge is 2.05. The number of aliphatic hydroxyl groups is 1. The van der Waals surface area contributed by atoms with Crippen LogP contribution >= 0.6 is 0 Å². The van der Waals surface area contributed by atoms with E-state index >= 15 is 0 Å². The van der Waals surface area contributed by atoms with Gasteiger partial charge < -0.3 is 15.3 Å². The third-order valence-corrected chi connectivity index (χ3v) is 2.27. The summed E-state index contributed by atoms with van der Waals surface area (Å²) in [5, 5.41) is 9.71. The molecule has 4 heteroatoms. The van der Waals surface area contributed by atoms with Gasteiger partial charge in [0.2, 0.25) is 0 Å². The Kier molecular flexibility index (Phi) is 2.53. The zero-order valence-electron chi connectivity index (χ0n) is 8.01. The molecule has 78 valence electrons. The van der Waals surface area contributed by atoms with E-state index in [1.807, 2.05) is 0 Å². The highest BCUT2D eigenvalue weighted by molar-refractivity contribution is 5.77. The van der Waals surface area contributed by atoms with Crippen molar-refractivity contribution in [2.24, 2.45) is 5.73 Å². The Morgan fingerprint density at radius 2 is 2.13 bits per heavy atom. The fraction of sp³-hybridized carbons (Fsp3) is 0.182. The van der Waals surface area contributed by atoms with E-state index < -0.39 is 6.04 Å². The van der Waals surface area contributed by atoms with E-state index in [9.17, 15) is 4.79 Å². The Morgan fingerprint density at radius 3 is 2.87 bits per heavy atom. The van der Waals surface area contributed by atoms with Crippen LogP contribution in [0, 0.1) is 0 Å². The minimum Gasteiger partial charge on any atom is -0.423 e. The summed E-state index contributed by atoms with van der Waals surface area (Å²) < 4.78 is 4.97. The van der Waals surface area contributed by atoms with Crippen molar-refractivity contribution in [1.29, 1.82) is 0 Å². The lowest BCUT2D eigenvalue weighted by Crippen LogP contribution is -2.14. The Bertz CT molecular complexity index is 533. The highest BCUT2D eigenvalue weighted by Crippen LogP contribution is 2.17. The molecule has 1 aromatic carbocycles. The summed E-state index contributed by atoms with van der Waals surface area (Å²) in [6, 6.07) is 7.86. The molecule has 0 amide bonds. The van der Waals surface area contributed by atoms with Crippen molar-refractivity contribution >= 4 is 11.0 Å². The molecule has 1 heterocycles. The largest absolute Gasteiger partial charge is 0.423 e. The Hall–Kier alpha value is -1.65. The average molecular weight is 205 g/mol. The molecule has 0 unspecified atom stereocenters. The molecular formula is C11H11NO3. The van der Waals surface area contributed by atoms with Crippen molar-refractivity contribution < 1.29 is 9.52 Å². The summed E-state index contributed by atoms with van der Waals surface area (Å²) in [5.41, 5.74) is 6.64. The number of benzene rings is 1. The summed E-state index contributed by atoms with van der Waals surface area (Å²) in [5.74, 6) is 0. The monoisotopic (exact) mass is 205 g/mol. The maximum absolute atomic E-state index is 10.9. The normalized spacial score (nSPS) is 12.9. The van der Waals surface area contributed by atoms with Gasteiger partial charge in [-0.15, -0.1) is 0 Å². The van der Waals surface area contributed by atoms with Crippen LogP contribution in [0.1, 0.15) is 11.6 Å². The molecule has 2 aromatic rings. The molecule has 4 nitrogen and oxygen atoms in total. The van der Waals surface area contributed by atoms with Crippen LogP contribution in [-0.2, 0) is 0 Å². The quantitative estimate of drug-likeness (QED) is 0.710. The molecule has 0 saturated carbocycles. The Morgan fingerprint density at radius 1 is 1.33 bits per heavy atom. The van der Waals surface area contributed by atoms with Crippen LogP contribution in [0.15, 0.2) is 39.5 Å². The minimum absolute atomic E-state index is 0.109. The van der Waals surface area contributed by atoms with E-state index in [1.165, 1.54) is 6.07 Å². The van der Waals surface area contributed by atoms with Gasteiger partial charge in [0.15, 0.2) is 0 Å². The van der Waals surface area contributed by atoms with Gasteiger partial charge in [0.1, 0.15) is 5.58 Å². The van der Waals surface area contributed by atoms with Crippen LogP contribution in [-0.4, -0.2) is 11.7 Å². The predicted molar refractivity (Wildman–Crippen MR) is 56.5 cm³/mol. The summed E-state index contributed by atoms with van der Waals surface area (Å²) >= 11 is 0. The fourth-order valence-corrected chi connectivity index (χ4v) is 1.43. The average Bonchev–Trinajstić information content (AvgIpc) is 2.27. The van der Waals surface area contributed by atoms with Gasteiger partial charge in [-0.25, -0.2) is 4.79 Å². The molecule has 1 atom stereocenters.